The Labute approximate surface area is 87.8 Å². The van der Waals surface area contributed by atoms with Gasteiger partial charge in [-0.05, 0) is 46.1 Å². The van der Waals surface area contributed by atoms with Gasteiger partial charge in [0, 0.05) is 0 Å². The largest absolute Gasteiger partial charge is 0.356 e. The second-order valence-electron chi connectivity index (χ2n) is 5.07. The molecular formula is C11H25NO2. The fourth-order valence-electron chi connectivity index (χ4n) is 1.11. The van der Waals surface area contributed by atoms with E-state index in [0.717, 1.165) is 18.9 Å². The van der Waals surface area contributed by atoms with Gasteiger partial charge in [0.25, 0.3) is 0 Å². The summed E-state index contributed by atoms with van der Waals surface area (Å²) >= 11 is 0. The van der Waals surface area contributed by atoms with Crippen LogP contribution in [-0.4, -0.2) is 23.7 Å². The van der Waals surface area contributed by atoms with Gasteiger partial charge in [-0.3, -0.25) is 5.32 Å². The molecule has 0 amide bonds. The maximum absolute atomic E-state index is 9.42. The van der Waals surface area contributed by atoms with E-state index < -0.39 is 6.41 Å². The number of rotatable bonds is 6. The van der Waals surface area contributed by atoms with Crippen LogP contribution in [0.25, 0.3) is 0 Å². The summed E-state index contributed by atoms with van der Waals surface area (Å²) in [5.74, 6) is 0.720. The first kappa shape index (κ1) is 13.9. The lowest BCUT2D eigenvalue weighted by molar-refractivity contribution is -0.181. The van der Waals surface area contributed by atoms with Crippen molar-refractivity contribution in [3.8, 4) is 0 Å². The molecule has 0 heterocycles. The molecule has 0 bridgehead atoms. The molecule has 0 spiro atoms. The fraction of sp³-hybridized carbons (Fsp3) is 1.00. The predicted molar refractivity (Wildman–Crippen MR) is 58.9 cm³/mol. The molecule has 0 saturated carbocycles. The highest BCUT2D eigenvalue weighted by atomic mass is 16.6. The van der Waals surface area contributed by atoms with E-state index in [1.54, 1.807) is 0 Å². The molecule has 0 fully saturated rings. The van der Waals surface area contributed by atoms with Crippen LogP contribution in [0.3, 0.4) is 0 Å². The van der Waals surface area contributed by atoms with Crippen LogP contribution in [0.1, 0.15) is 47.5 Å². The summed E-state index contributed by atoms with van der Waals surface area (Å²) in [7, 11) is 0. The molecule has 0 aliphatic rings. The van der Waals surface area contributed by atoms with Crippen LogP contribution in [0, 0.1) is 5.92 Å². The van der Waals surface area contributed by atoms with Crippen molar-refractivity contribution >= 4 is 0 Å². The second-order valence-corrected chi connectivity index (χ2v) is 5.07. The Hall–Kier alpha value is -0.120. The van der Waals surface area contributed by atoms with Crippen LogP contribution in [-0.2, 0) is 4.74 Å². The minimum Gasteiger partial charge on any atom is -0.356 e. The highest BCUT2D eigenvalue weighted by molar-refractivity contribution is 4.59. The Bertz CT molecular complexity index is 141. The Morgan fingerprint density at radius 3 is 2.29 bits per heavy atom. The molecule has 0 aliphatic carbocycles. The monoisotopic (exact) mass is 203 g/mol. The Kier molecular flexibility index (Phi) is 6.33. The van der Waals surface area contributed by atoms with Crippen molar-refractivity contribution in [1.82, 2.24) is 5.32 Å². The normalized spacial score (nSPS) is 14.8. The topological polar surface area (TPSA) is 41.5 Å². The number of hydrogen-bond donors (Lipinski definition) is 2. The molecule has 2 N–H and O–H groups in total. The predicted octanol–water partition coefficient (Wildman–Crippen LogP) is 2.10. The number of ether oxygens (including phenoxy) is 1. The second kappa shape index (κ2) is 6.38. The van der Waals surface area contributed by atoms with E-state index in [1.807, 2.05) is 20.8 Å². The summed E-state index contributed by atoms with van der Waals surface area (Å²) in [6, 6.07) is 0. The maximum atomic E-state index is 9.42. The Morgan fingerprint density at radius 2 is 1.86 bits per heavy atom. The van der Waals surface area contributed by atoms with Crippen LogP contribution >= 0.6 is 0 Å². The molecule has 1 atom stereocenters. The van der Waals surface area contributed by atoms with Crippen molar-refractivity contribution in [3.05, 3.63) is 0 Å². The van der Waals surface area contributed by atoms with Crippen LogP contribution < -0.4 is 5.32 Å². The zero-order chi connectivity index (χ0) is 11.2. The minimum absolute atomic E-state index is 0.301. The number of aliphatic hydroxyl groups is 1. The van der Waals surface area contributed by atoms with Gasteiger partial charge in [-0.1, -0.05) is 13.8 Å². The van der Waals surface area contributed by atoms with E-state index in [9.17, 15) is 5.11 Å². The third-order valence-corrected chi connectivity index (χ3v) is 1.74. The fourth-order valence-corrected chi connectivity index (χ4v) is 1.11. The molecule has 86 valence electrons. The zero-order valence-electron chi connectivity index (χ0n) is 10.1. The molecule has 0 saturated heterocycles. The SMILES string of the molecule is CC(C)CCCN[C@@H](O)OC(C)(C)C. The molecule has 0 rings (SSSR count). The first-order valence-electron chi connectivity index (χ1n) is 5.40. The van der Waals surface area contributed by atoms with Crippen molar-refractivity contribution in [1.29, 1.82) is 0 Å². The zero-order valence-corrected chi connectivity index (χ0v) is 10.1. The van der Waals surface area contributed by atoms with Gasteiger partial charge in [-0.25, -0.2) is 0 Å². The van der Waals surface area contributed by atoms with Crippen molar-refractivity contribution < 1.29 is 9.84 Å². The number of nitrogens with one attached hydrogen (secondary N) is 1. The van der Waals surface area contributed by atoms with Gasteiger partial charge in [0.1, 0.15) is 0 Å². The molecule has 0 aliphatic heterocycles. The van der Waals surface area contributed by atoms with Gasteiger partial charge in [0.05, 0.1) is 5.60 Å². The van der Waals surface area contributed by atoms with Crippen LogP contribution in [0.15, 0.2) is 0 Å². The average Bonchev–Trinajstić information content (AvgIpc) is 1.94. The third kappa shape index (κ3) is 9.96. The van der Waals surface area contributed by atoms with Gasteiger partial charge in [0.2, 0.25) is 6.41 Å². The van der Waals surface area contributed by atoms with Gasteiger partial charge in [-0.15, -0.1) is 0 Å². The maximum Gasteiger partial charge on any atom is 0.214 e. The molecule has 0 aromatic rings. The summed E-state index contributed by atoms with van der Waals surface area (Å²) in [5, 5.41) is 12.3. The van der Waals surface area contributed by atoms with Gasteiger partial charge >= 0.3 is 0 Å². The summed E-state index contributed by atoms with van der Waals surface area (Å²) in [6.45, 7) is 11.0. The van der Waals surface area contributed by atoms with E-state index in [1.165, 1.54) is 6.42 Å². The highest BCUT2D eigenvalue weighted by Crippen LogP contribution is 2.08. The molecule has 0 radical (unpaired) electrons. The van der Waals surface area contributed by atoms with E-state index in [4.69, 9.17) is 4.74 Å². The summed E-state index contributed by atoms with van der Waals surface area (Å²) in [5.41, 5.74) is -0.301. The molecule has 14 heavy (non-hydrogen) atoms. The lowest BCUT2D eigenvalue weighted by Crippen LogP contribution is -2.38. The lowest BCUT2D eigenvalue weighted by Gasteiger charge is -2.24. The van der Waals surface area contributed by atoms with Gasteiger partial charge in [-0.2, -0.15) is 0 Å². The van der Waals surface area contributed by atoms with E-state index in [0.29, 0.717) is 0 Å². The van der Waals surface area contributed by atoms with E-state index >= 15 is 0 Å². The highest BCUT2D eigenvalue weighted by Gasteiger charge is 2.15. The standard InChI is InChI=1S/C11H25NO2/c1-9(2)7-6-8-12-10(13)14-11(3,4)5/h9-10,12-13H,6-8H2,1-5H3/t10-/m0/s1. The van der Waals surface area contributed by atoms with E-state index in [2.05, 4.69) is 19.2 Å². The summed E-state index contributed by atoms with van der Waals surface area (Å²) in [4.78, 5) is 0. The minimum atomic E-state index is -0.845. The molecule has 0 aromatic heterocycles. The van der Waals surface area contributed by atoms with E-state index in [-0.39, 0.29) is 5.60 Å². The van der Waals surface area contributed by atoms with Crippen molar-refractivity contribution in [3.63, 3.8) is 0 Å². The summed E-state index contributed by atoms with van der Waals surface area (Å²) < 4.78 is 5.29. The molecule has 0 unspecified atom stereocenters. The van der Waals surface area contributed by atoms with Crippen molar-refractivity contribution in [2.75, 3.05) is 6.54 Å². The molecule has 0 aromatic carbocycles. The average molecular weight is 203 g/mol. The van der Waals surface area contributed by atoms with Crippen LogP contribution in [0.5, 0.6) is 0 Å². The number of hydrogen-bond acceptors (Lipinski definition) is 3. The quantitative estimate of drug-likeness (QED) is 0.513. The molecule has 3 heteroatoms. The summed E-state index contributed by atoms with van der Waals surface area (Å²) in [6.07, 6.45) is 1.40. The van der Waals surface area contributed by atoms with Crippen molar-refractivity contribution in [2.24, 2.45) is 5.92 Å². The Morgan fingerprint density at radius 1 is 1.29 bits per heavy atom. The van der Waals surface area contributed by atoms with Gasteiger partial charge in [0.15, 0.2) is 0 Å². The Balaban J connectivity index is 3.40. The van der Waals surface area contributed by atoms with Crippen LogP contribution in [0.4, 0.5) is 0 Å². The smallest absolute Gasteiger partial charge is 0.214 e. The molecule has 3 nitrogen and oxygen atoms in total. The first-order chi connectivity index (χ1) is 6.31. The first-order valence-corrected chi connectivity index (χ1v) is 5.40. The van der Waals surface area contributed by atoms with Gasteiger partial charge < -0.3 is 9.84 Å². The lowest BCUT2D eigenvalue weighted by atomic mass is 10.1. The molecular weight excluding hydrogens is 178 g/mol. The number of aliphatic hydroxyl groups excluding tert-OH is 1. The van der Waals surface area contributed by atoms with Crippen LogP contribution in [0.2, 0.25) is 0 Å². The van der Waals surface area contributed by atoms with Crippen molar-refractivity contribution in [2.45, 2.75) is 59.5 Å². The third-order valence-electron chi connectivity index (χ3n) is 1.74.